The van der Waals surface area contributed by atoms with E-state index in [9.17, 15) is 0 Å². The first-order valence-corrected chi connectivity index (χ1v) is 18.1. The maximum Gasteiger partial charge on any atom is 0.294 e. The van der Waals surface area contributed by atoms with E-state index in [-0.39, 0.29) is 23.9 Å². The van der Waals surface area contributed by atoms with Crippen molar-refractivity contribution in [3.63, 3.8) is 0 Å². The van der Waals surface area contributed by atoms with E-state index in [4.69, 9.17) is 25.8 Å². The largest absolute Gasteiger partial charge is 0.412 e. The molecular formula is C45H41N5O. The highest BCUT2D eigenvalue weighted by atomic mass is 16.5. The molecule has 4 aromatic rings. The number of amidine groups is 1. The molecule has 0 radical (unpaired) electrons. The van der Waals surface area contributed by atoms with E-state index in [2.05, 4.69) is 115 Å². The van der Waals surface area contributed by atoms with Gasteiger partial charge in [-0.3, -0.25) is 15.8 Å². The molecule has 252 valence electrons. The average Bonchev–Trinajstić information content (AvgIpc) is 3.20. The molecule has 8 rings (SSSR count). The Balaban J connectivity index is 1.05. The predicted molar refractivity (Wildman–Crippen MR) is 207 cm³/mol. The summed E-state index contributed by atoms with van der Waals surface area (Å²) in [6, 6.07) is 34.9. The number of rotatable bonds is 6. The first-order valence-electron chi connectivity index (χ1n) is 18.1. The first-order chi connectivity index (χ1) is 25.0. The molecule has 1 aliphatic heterocycles. The molecule has 0 bridgehead atoms. The minimum atomic E-state index is -0.575. The number of nitrogens with zero attached hydrogens (tertiary/aromatic N) is 2. The van der Waals surface area contributed by atoms with Gasteiger partial charge in [0.2, 0.25) is 5.90 Å². The molecule has 4 aromatic carbocycles. The van der Waals surface area contributed by atoms with Crippen molar-refractivity contribution in [3.8, 4) is 6.07 Å². The van der Waals surface area contributed by atoms with Crippen molar-refractivity contribution in [2.24, 2.45) is 16.8 Å². The number of nitrogens with one attached hydrogen (secondary N) is 3. The number of aryl methyl sites for hydroxylation is 1. The van der Waals surface area contributed by atoms with Crippen molar-refractivity contribution in [1.82, 2.24) is 5.32 Å². The smallest absolute Gasteiger partial charge is 0.294 e. The van der Waals surface area contributed by atoms with E-state index in [1.807, 2.05) is 12.2 Å². The Bertz CT molecular complexity index is 2210. The summed E-state index contributed by atoms with van der Waals surface area (Å²) >= 11 is 0. The Morgan fingerprint density at radius 2 is 1.61 bits per heavy atom. The molecule has 0 aromatic heterocycles. The van der Waals surface area contributed by atoms with Gasteiger partial charge in [-0.15, -0.1) is 0 Å². The van der Waals surface area contributed by atoms with Crippen LogP contribution in [0, 0.1) is 34.0 Å². The van der Waals surface area contributed by atoms with E-state index in [0.29, 0.717) is 11.5 Å². The molecule has 0 spiro atoms. The second-order valence-corrected chi connectivity index (χ2v) is 14.0. The van der Waals surface area contributed by atoms with Gasteiger partial charge in [0.05, 0.1) is 6.04 Å². The molecule has 6 heteroatoms. The zero-order chi connectivity index (χ0) is 34.7. The predicted octanol–water partition coefficient (Wildman–Crippen LogP) is 9.58. The number of nitriles is 1. The standard InChI is InChI=1S/C45H41N5O/c46-28-43(47)51-44(48)35-23-21-34(22-24-35)42-27-41(33-19-15-31(16-20-33)39-13-5-9-29-7-1-3-11-37(29)39)49-45(50-42)36-25-17-32(18-26-36)40-14-6-10-30-8-2-4-12-38(30)40/h1-5,7-9,11-15,17-18,21,23-26,33-34,41-42,47-48H,6,10,16,19-20,22,27H2,(H,49,50). The maximum absolute atomic E-state index is 8.92. The summed E-state index contributed by atoms with van der Waals surface area (Å²) < 4.78 is 5.07. The summed E-state index contributed by atoms with van der Waals surface area (Å²) in [7, 11) is 0. The zero-order valence-electron chi connectivity index (χ0n) is 28.6. The van der Waals surface area contributed by atoms with Crippen molar-refractivity contribution in [2.75, 3.05) is 0 Å². The highest BCUT2D eigenvalue weighted by molar-refractivity contribution is 6.05. The van der Waals surface area contributed by atoms with Gasteiger partial charge >= 0.3 is 0 Å². The Morgan fingerprint density at radius 1 is 0.824 bits per heavy atom. The van der Waals surface area contributed by atoms with Gasteiger partial charge in [0.25, 0.3) is 5.90 Å². The van der Waals surface area contributed by atoms with Gasteiger partial charge in [-0.1, -0.05) is 121 Å². The number of aliphatic imine (C=N–C) groups is 1. The second-order valence-electron chi connectivity index (χ2n) is 14.0. The zero-order valence-corrected chi connectivity index (χ0v) is 28.6. The topological polar surface area (TPSA) is 105 Å². The van der Waals surface area contributed by atoms with Gasteiger partial charge in [-0.2, -0.15) is 5.26 Å². The van der Waals surface area contributed by atoms with Crippen LogP contribution in [0.4, 0.5) is 0 Å². The van der Waals surface area contributed by atoms with Crippen molar-refractivity contribution in [2.45, 2.75) is 57.0 Å². The summed E-state index contributed by atoms with van der Waals surface area (Å²) in [5, 5.41) is 31.1. The van der Waals surface area contributed by atoms with Crippen LogP contribution in [0.2, 0.25) is 0 Å². The third-order valence-corrected chi connectivity index (χ3v) is 11.0. The maximum atomic E-state index is 8.92. The Hall–Kier alpha value is -5.80. The second kappa shape index (κ2) is 14.2. The molecule has 51 heavy (non-hydrogen) atoms. The van der Waals surface area contributed by atoms with Crippen molar-refractivity contribution < 1.29 is 4.74 Å². The van der Waals surface area contributed by atoms with Crippen LogP contribution in [0.25, 0.3) is 21.9 Å². The summed E-state index contributed by atoms with van der Waals surface area (Å²) in [5.74, 6) is 0.864. The monoisotopic (exact) mass is 667 g/mol. The van der Waals surface area contributed by atoms with Gasteiger partial charge in [-0.05, 0) is 95.0 Å². The molecule has 6 nitrogen and oxygen atoms in total. The van der Waals surface area contributed by atoms with Crippen molar-refractivity contribution >= 4 is 39.5 Å². The number of hydrogen-bond acceptors (Lipinski definition) is 6. The molecule has 0 saturated heterocycles. The Morgan fingerprint density at radius 3 is 2.41 bits per heavy atom. The van der Waals surface area contributed by atoms with E-state index < -0.39 is 5.90 Å². The molecule has 3 aliphatic carbocycles. The van der Waals surface area contributed by atoms with E-state index in [0.717, 1.165) is 56.3 Å². The van der Waals surface area contributed by atoms with E-state index >= 15 is 0 Å². The van der Waals surface area contributed by atoms with Crippen LogP contribution >= 0.6 is 0 Å². The van der Waals surface area contributed by atoms with Gasteiger partial charge in [-0.25, -0.2) is 0 Å². The quantitative estimate of drug-likeness (QED) is 0.141. The molecule has 3 N–H and O–H groups in total. The summed E-state index contributed by atoms with van der Waals surface area (Å²) in [6.07, 6.45) is 17.8. The molecule has 0 amide bonds. The fourth-order valence-electron chi connectivity index (χ4n) is 8.29. The molecular weight excluding hydrogens is 627 g/mol. The molecule has 4 aliphatic rings. The number of allylic oxidation sites excluding steroid dienone is 4. The third kappa shape index (κ3) is 6.72. The van der Waals surface area contributed by atoms with Crippen LogP contribution in [0.3, 0.4) is 0 Å². The molecule has 4 atom stereocenters. The Labute approximate surface area is 299 Å². The SMILES string of the molecule is N#CC(=N)OC(=N)C1=CCC(C2CC(C3CC=C(c4cccc5ccccc45)CC3)N=C(c3ccc(C4=CCCc5ccccc54)cc3)N2)C=C1. The molecule has 0 fully saturated rings. The fourth-order valence-corrected chi connectivity index (χ4v) is 8.29. The number of benzene rings is 4. The van der Waals surface area contributed by atoms with Crippen LogP contribution < -0.4 is 5.32 Å². The lowest BCUT2D eigenvalue weighted by atomic mass is 9.77. The molecule has 1 heterocycles. The first kappa shape index (κ1) is 32.4. The van der Waals surface area contributed by atoms with E-state index in [1.165, 1.54) is 44.2 Å². The third-order valence-electron chi connectivity index (χ3n) is 11.0. The molecule has 0 saturated carbocycles. The lowest BCUT2D eigenvalue weighted by Crippen LogP contribution is -2.48. The summed E-state index contributed by atoms with van der Waals surface area (Å²) in [5.41, 5.74) is 9.77. The van der Waals surface area contributed by atoms with Gasteiger partial charge < -0.3 is 10.1 Å². The van der Waals surface area contributed by atoms with Crippen LogP contribution in [0.1, 0.15) is 66.3 Å². The lowest BCUT2D eigenvalue weighted by molar-refractivity contribution is 0.304. The Kier molecular flexibility index (Phi) is 9.03. The number of ether oxygens (including phenoxy) is 1. The average molecular weight is 668 g/mol. The van der Waals surface area contributed by atoms with Gasteiger partial charge in [0.15, 0.2) is 6.07 Å². The minimum Gasteiger partial charge on any atom is -0.412 e. The van der Waals surface area contributed by atoms with Crippen LogP contribution in [-0.2, 0) is 11.2 Å². The fraction of sp³-hybridized carbons (Fsp3) is 0.244. The van der Waals surface area contributed by atoms with Gasteiger partial charge in [0.1, 0.15) is 5.84 Å². The number of hydrogen-bond donors (Lipinski definition) is 3. The molecule has 4 unspecified atom stereocenters. The highest BCUT2D eigenvalue weighted by Crippen LogP contribution is 2.39. The van der Waals surface area contributed by atoms with Crippen LogP contribution in [0.5, 0.6) is 0 Å². The van der Waals surface area contributed by atoms with Crippen molar-refractivity contribution in [3.05, 3.63) is 155 Å². The normalized spacial score (nSPS) is 22.6. The lowest BCUT2D eigenvalue weighted by Gasteiger charge is -2.38. The highest BCUT2D eigenvalue weighted by Gasteiger charge is 2.34. The number of fused-ring (bicyclic) bond motifs is 2. The van der Waals surface area contributed by atoms with Crippen LogP contribution in [-0.4, -0.2) is 29.7 Å². The van der Waals surface area contributed by atoms with Crippen LogP contribution in [0.15, 0.2) is 132 Å². The van der Waals surface area contributed by atoms with E-state index in [1.54, 1.807) is 6.07 Å². The summed E-state index contributed by atoms with van der Waals surface area (Å²) in [6.45, 7) is 0. The van der Waals surface area contributed by atoms with Crippen molar-refractivity contribution in [1.29, 1.82) is 16.1 Å². The van der Waals surface area contributed by atoms with Gasteiger partial charge in [0, 0.05) is 23.1 Å². The minimum absolute atomic E-state index is 0.167. The summed E-state index contributed by atoms with van der Waals surface area (Å²) in [4.78, 5) is 5.45.